The number of aliphatic imine (C=N–C) groups is 1. The van der Waals surface area contributed by atoms with E-state index < -0.39 is 0 Å². The fraction of sp³-hybridized carbons (Fsp3) is 0.188. The number of hydrogen-bond acceptors (Lipinski definition) is 2. The van der Waals surface area contributed by atoms with Crippen LogP contribution in [0.25, 0.3) is 11.1 Å². The molecule has 0 saturated carbocycles. The van der Waals surface area contributed by atoms with Crippen molar-refractivity contribution in [1.29, 1.82) is 0 Å². The van der Waals surface area contributed by atoms with Crippen molar-refractivity contribution in [2.45, 2.75) is 6.42 Å². The van der Waals surface area contributed by atoms with E-state index in [0.717, 1.165) is 34.3 Å². The van der Waals surface area contributed by atoms with Crippen molar-refractivity contribution >= 4 is 43.4 Å². The molecule has 0 radical (unpaired) electrons. The minimum atomic E-state index is 0.918. The minimum Gasteiger partial charge on any atom is -0.325 e. The molecule has 0 atom stereocenters. The van der Waals surface area contributed by atoms with Crippen molar-refractivity contribution in [1.82, 2.24) is 0 Å². The van der Waals surface area contributed by atoms with E-state index >= 15 is 0 Å². The zero-order chi connectivity index (χ0) is 13.7. The Kier molecular flexibility index (Phi) is 2.97. The van der Waals surface area contributed by atoms with Gasteiger partial charge in [0.25, 0.3) is 0 Å². The fourth-order valence-corrected chi connectivity index (χ4v) is 3.67. The van der Waals surface area contributed by atoms with Crippen LogP contribution in [0.3, 0.4) is 0 Å². The topological polar surface area (TPSA) is 15.6 Å². The SMILES string of the molecule is Brc1ccc2c(c1)C1=NCCCN1c1cc(Br)ccc1-2. The van der Waals surface area contributed by atoms with Gasteiger partial charge in [-0.2, -0.15) is 0 Å². The molecular formula is C16H12Br2N2. The van der Waals surface area contributed by atoms with Crippen molar-refractivity contribution in [2.24, 2.45) is 4.99 Å². The molecule has 100 valence electrons. The Labute approximate surface area is 134 Å². The highest BCUT2D eigenvalue weighted by atomic mass is 79.9. The molecule has 2 aromatic rings. The lowest BCUT2D eigenvalue weighted by atomic mass is 9.92. The number of amidine groups is 1. The van der Waals surface area contributed by atoms with Crippen LogP contribution in [0, 0.1) is 0 Å². The number of rotatable bonds is 0. The molecule has 0 saturated heterocycles. The lowest BCUT2D eigenvalue weighted by Gasteiger charge is -2.36. The van der Waals surface area contributed by atoms with Crippen molar-refractivity contribution < 1.29 is 0 Å². The monoisotopic (exact) mass is 390 g/mol. The van der Waals surface area contributed by atoms with Crippen LogP contribution in [-0.2, 0) is 0 Å². The van der Waals surface area contributed by atoms with Gasteiger partial charge in [-0.05, 0) is 36.2 Å². The summed E-state index contributed by atoms with van der Waals surface area (Å²) in [5, 5.41) is 0. The van der Waals surface area contributed by atoms with Crippen molar-refractivity contribution in [3.8, 4) is 11.1 Å². The molecule has 0 unspecified atom stereocenters. The molecule has 0 N–H and O–H groups in total. The Bertz CT molecular complexity index is 737. The predicted molar refractivity (Wildman–Crippen MR) is 90.6 cm³/mol. The van der Waals surface area contributed by atoms with Gasteiger partial charge in [0.1, 0.15) is 5.84 Å². The smallest absolute Gasteiger partial charge is 0.136 e. The molecule has 0 aliphatic carbocycles. The Morgan fingerprint density at radius 2 is 1.65 bits per heavy atom. The van der Waals surface area contributed by atoms with Gasteiger partial charge in [-0.1, -0.05) is 44.0 Å². The molecular weight excluding hydrogens is 380 g/mol. The second kappa shape index (κ2) is 4.71. The van der Waals surface area contributed by atoms with Gasteiger partial charge in [0.15, 0.2) is 0 Å². The third-order valence-corrected chi connectivity index (χ3v) is 4.81. The van der Waals surface area contributed by atoms with Gasteiger partial charge in [-0.25, -0.2) is 0 Å². The first-order valence-electron chi connectivity index (χ1n) is 6.66. The summed E-state index contributed by atoms with van der Waals surface area (Å²) in [5.41, 5.74) is 5.05. The van der Waals surface area contributed by atoms with E-state index in [0.29, 0.717) is 0 Å². The summed E-state index contributed by atoms with van der Waals surface area (Å²) in [4.78, 5) is 7.11. The predicted octanol–water partition coefficient (Wildman–Crippen LogP) is 4.85. The molecule has 4 rings (SSSR count). The van der Waals surface area contributed by atoms with Crippen LogP contribution in [-0.4, -0.2) is 18.9 Å². The molecule has 0 bridgehead atoms. The van der Waals surface area contributed by atoms with Crippen molar-refractivity contribution in [2.75, 3.05) is 18.0 Å². The van der Waals surface area contributed by atoms with E-state index in [4.69, 9.17) is 4.99 Å². The summed E-state index contributed by atoms with van der Waals surface area (Å²) in [7, 11) is 0. The average Bonchev–Trinajstić information content (AvgIpc) is 2.47. The lowest BCUT2D eigenvalue weighted by Crippen LogP contribution is -2.39. The van der Waals surface area contributed by atoms with Gasteiger partial charge in [0, 0.05) is 33.2 Å². The second-order valence-corrected chi connectivity index (χ2v) is 6.89. The molecule has 0 spiro atoms. The molecule has 4 heteroatoms. The summed E-state index contributed by atoms with van der Waals surface area (Å²) >= 11 is 7.16. The van der Waals surface area contributed by atoms with Crippen LogP contribution in [0.1, 0.15) is 12.0 Å². The normalized spacial score (nSPS) is 16.1. The first-order valence-corrected chi connectivity index (χ1v) is 8.24. The van der Waals surface area contributed by atoms with E-state index in [2.05, 4.69) is 73.2 Å². The zero-order valence-electron chi connectivity index (χ0n) is 10.7. The Hall–Kier alpha value is -1.13. The van der Waals surface area contributed by atoms with Crippen LogP contribution in [0.2, 0.25) is 0 Å². The largest absolute Gasteiger partial charge is 0.325 e. The van der Waals surface area contributed by atoms with Crippen LogP contribution in [0.4, 0.5) is 5.69 Å². The first-order chi connectivity index (χ1) is 9.74. The van der Waals surface area contributed by atoms with E-state index in [1.54, 1.807) is 0 Å². The molecule has 0 amide bonds. The van der Waals surface area contributed by atoms with Gasteiger partial charge in [-0.15, -0.1) is 0 Å². The molecule has 2 heterocycles. The molecule has 2 aromatic carbocycles. The number of anilines is 1. The van der Waals surface area contributed by atoms with E-state index in [1.165, 1.54) is 22.4 Å². The summed E-state index contributed by atoms with van der Waals surface area (Å²) in [6.45, 7) is 1.95. The third-order valence-electron chi connectivity index (χ3n) is 3.82. The van der Waals surface area contributed by atoms with Crippen LogP contribution >= 0.6 is 31.9 Å². The maximum Gasteiger partial charge on any atom is 0.136 e. The van der Waals surface area contributed by atoms with Gasteiger partial charge < -0.3 is 4.90 Å². The lowest BCUT2D eigenvalue weighted by molar-refractivity contribution is 0.789. The fourth-order valence-electron chi connectivity index (χ4n) is 2.96. The average molecular weight is 392 g/mol. The summed E-state index contributed by atoms with van der Waals surface area (Å²) in [6, 6.07) is 13.0. The highest BCUT2D eigenvalue weighted by molar-refractivity contribution is 9.10. The molecule has 2 aliphatic heterocycles. The van der Waals surface area contributed by atoms with Crippen LogP contribution in [0.5, 0.6) is 0 Å². The van der Waals surface area contributed by atoms with Crippen LogP contribution < -0.4 is 4.90 Å². The van der Waals surface area contributed by atoms with E-state index in [1.807, 2.05) is 0 Å². The molecule has 0 aromatic heterocycles. The standard InChI is InChI=1S/C16H12Br2N2/c17-10-2-4-12-13-5-3-11(18)9-15(13)20-7-1-6-19-16(20)14(12)8-10/h2-5,8-9H,1,6-7H2. The quantitative estimate of drug-likeness (QED) is 0.626. The zero-order valence-corrected chi connectivity index (χ0v) is 13.9. The van der Waals surface area contributed by atoms with Crippen molar-refractivity contribution in [3.05, 3.63) is 50.9 Å². The van der Waals surface area contributed by atoms with Crippen LogP contribution in [0.15, 0.2) is 50.3 Å². The summed E-state index contributed by atoms with van der Waals surface area (Å²) < 4.78 is 2.21. The third kappa shape index (κ3) is 1.85. The number of hydrogen-bond donors (Lipinski definition) is 0. The molecule has 0 fully saturated rings. The maximum atomic E-state index is 4.77. The highest BCUT2D eigenvalue weighted by Gasteiger charge is 2.29. The number of halogens is 2. The number of fused-ring (bicyclic) bond motifs is 6. The number of benzene rings is 2. The van der Waals surface area contributed by atoms with Crippen molar-refractivity contribution in [3.63, 3.8) is 0 Å². The summed E-state index contributed by atoms with van der Waals surface area (Å²) in [5.74, 6) is 1.11. The van der Waals surface area contributed by atoms with Gasteiger partial charge in [-0.3, -0.25) is 4.99 Å². The molecule has 20 heavy (non-hydrogen) atoms. The maximum absolute atomic E-state index is 4.77. The second-order valence-electron chi connectivity index (χ2n) is 5.06. The Morgan fingerprint density at radius 3 is 2.50 bits per heavy atom. The molecule has 2 aliphatic rings. The first kappa shape index (κ1) is 12.6. The Morgan fingerprint density at radius 1 is 0.900 bits per heavy atom. The van der Waals surface area contributed by atoms with Gasteiger partial charge in [0.2, 0.25) is 0 Å². The molecule has 2 nitrogen and oxygen atoms in total. The highest BCUT2D eigenvalue weighted by Crippen LogP contribution is 2.42. The summed E-state index contributed by atoms with van der Waals surface area (Å²) in [6.07, 6.45) is 1.11. The Balaban J connectivity index is 2.06. The van der Waals surface area contributed by atoms with E-state index in [9.17, 15) is 0 Å². The van der Waals surface area contributed by atoms with Gasteiger partial charge in [0.05, 0.1) is 5.69 Å². The van der Waals surface area contributed by atoms with E-state index in [-0.39, 0.29) is 0 Å². The minimum absolute atomic E-state index is 0.918. The van der Waals surface area contributed by atoms with Gasteiger partial charge >= 0.3 is 0 Å². The number of nitrogens with zero attached hydrogens (tertiary/aromatic N) is 2.